The van der Waals surface area contributed by atoms with Gasteiger partial charge in [-0.25, -0.2) is 0 Å². The van der Waals surface area contributed by atoms with E-state index in [1.54, 1.807) is 0 Å². The Morgan fingerprint density at radius 3 is 2.38 bits per heavy atom. The minimum absolute atomic E-state index is 0.876. The molecule has 0 heterocycles. The van der Waals surface area contributed by atoms with Gasteiger partial charge < -0.3 is 4.12 Å². The number of hydrogen-bond donors (Lipinski definition) is 0. The highest BCUT2D eigenvalue weighted by atomic mass is 28.4. The van der Waals surface area contributed by atoms with Crippen LogP contribution in [0, 0.1) is 0 Å². The minimum atomic E-state index is -1.23. The second-order valence-electron chi connectivity index (χ2n) is 2.46. The Balaban J connectivity index is 3.53. The average Bonchev–Trinajstić information content (AvgIpc) is 1.67. The SMILES string of the molecule is C=CC[Si](C)(C)O[SiH3]. The van der Waals surface area contributed by atoms with Crippen LogP contribution in [0.3, 0.4) is 0 Å². The first-order valence-electron chi connectivity index (χ1n) is 2.78. The van der Waals surface area contributed by atoms with Gasteiger partial charge in [0.2, 0.25) is 0 Å². The average molecular weight is 146 g/mol. The summed E-state index contributed by atoms with van der Waals surface area (Å²) in [5.41, 5.74) is 0. The Kier molecular flexibility index (Phi) is 3.27. The summed E-state index contributed by atoms with van der Waals surface area (Å²) in [6, 6.07) is 1.08. The zero-order valence-corrected chi connectivity index (χ0v) is 8.90. The van der Waals surface area contributed by atoms with E-state index < -0.39 is 8.32 Å². The highest BCUT2D eigenvalue weighted by molar-refractivity contribution is 6.74. The van der Waals surface area contributed by atoms with E-state index in [9.17, 15) is 0 Å². The maximum absolute atomic E-state index is 5.38. The summed E-state index contributed by atoms with van der Waals surface area (Å²) in [6.45, 7) is 8.08. The Morgan fingerprint density at radius 2 is 2.25 bits per heavy atom. The van der Waals surface area contributed by atoms with Gasteiger partial charge >= 0.3 is 0 Å². The van der Waals surface area contributed by atoms with Gasteiger partial charge in [0.05, 0.1) is 0 Å². The third-order valence-electron chi connectivity index (χ3n) is 1.19. The van der Waals surface area contributed by atoms with E-state index in [1.165, 1.54) is 0 Å². The lowest BCUT2D eigenvalue weighted by Crippen LogP contribution is -2.27. The molecule has 0 aliphatic carbocycles. The van der Waals surface area contributed by atoms with Crippen molar-refractivity contribution in [3.8, 4) is 0 Å². The van der Waals surface area contributed by atoms with E-state index in [0.717, 1.165) is 16.5 Å². The lowest BCUT2D eigenvalue weighted by molar-refractivity contribution is 0.613. The third-order valence-corrected chi connectivity index (χ3v) is 6.88. The lowest BCUT2D eigenvalue weighted by Gasteiger charge is -2.17. The van der Waals surface area contributed by atoms with Crippen LogP contribution in [0.4, 0.5) is 0 Å². The van der Waals surface area contributed by atoms with Crippen molar-refractivity contribution in [1.82, 2.24) is 0 Å². The van der Waals surface area contributed by atoms with Crippen molar-refractivity contribution in [1.29, 1.82) is 0 Å². The Bertz CT molecular complexity index is 80.5. The second-order valence-corrected chi connectivity index (χ2v) is 8.02. The molecular weight excluding hydrogens is 132 g/mol. The fraction of sp³-hybridized carbons (Fsp3) is 0.600. The normalized spacial score (nSPS) is 11.8. The molecule has 0 aromatic carbocycles. The fourth-order valence-electron chi connectivity index (χ4n) is 0.431. The monoisotopic (exact) mass is 146 g/mol. The molecule has 0 N–H and O–H groups in total. The van der Waals surface area contributed by atoms with Gasteiger partial charge in [-0.15, -0.1) is 6.58 Å². The van der Waals surface area contributed by atoms with E-state index >= 15 is 0 Å². The van der Waals surface area contributed by atoms with Crippen LogP contribution in [0.5, 0.6) is 0 Å². The Labute approximate surface area is 55.4 Å². The molecule has 0 bridgehead atoms. The zero-order chi connectivity index (χ0) is 6.62. The molecule has 0 aliphatic heterocycles. The van der Waals surface area contributed by atoms with Crippen molar-refractivity contribution in [3.63, 3.8) is 0 Å². The minimum Gasteiger partial charge on any atom is -0.463 e. The summed E-state index contributed by atoms with van der Waals surface area (Å²) in [4.78, 5) is 0. The first-order valence-corrected chi connectivity index (χ1v) is 6.71. The molecular formula is C5H14OSi2. The molecule has 0 aromatic rings. The standard InChI is InChI=1S/C5H14OSi2/c1-4-5-8(2,3)6-7/h4H,1,5H2,2-3,7H3. The Morgan fingerprint density at radius 1 is 1.75 bits per heavy atom. The summed E-state index contributed by atoms with van der Waals surface area (Å²) in [5, 5.41) is 0. The predicted molar refractivity (Wildman–Crippen MR) is 43.5 cm³/mol. The van der Waals surface area contributed by atoms with Crippen molar-refractivity contribution in [2.45, 2.75) is 19.1 Å². The summed E-state index contributed by atoms with van der Waals surface area (Å²) >= 11 is 0. The van der Waals surface area contributed by atoms with Gasteiger partial charge in [-0.05, 0) is 19.1 Å². The highest BCUT2D eigenvalue weighted by Crippen LogP contribution is 2.08. The lowest BCUT2D eigenvalue weighted by atomic mass is 10.8. The topological polar surface area (TPSA) is 9.23 Å². The molecule has 3 heteroatoms. The number of rotatable bonds is 3. The molecule has 48 valence electrons. The zero-order valence-electron chi connectivity index (χ0n) is 5.90. The van der Waals surface area contributed by atoms with Crippen LogP contribution in [0.1, 0.15) is 0 Å². The predicted octanol–water partition coefficient (Wildman–Crippen LogP) is 0.674. The maximum atomic E-state index is 5.38. The number of hydrogen-bond acceptors (Lipinski definition) is 1. The Hall–Kier alpha value is 0.134. The first-order chi connectivity index (χ1) is 3.62. The fourth-order valence-corrected chi connectivity index (χ4v) is 1.79. The van der Waals surface area contributed by atoms with Gasteiger partial charge in [0, 0.05) is 0 Å². The van der Waals surface area contributed by atoms with E-state index in [4.69, 9.17) is 4.12 Å². The van der Waals surface area contributed by atoms with Crippen LogP contribution >= 0.6 is 0 Å². The molecule has 0 aliphatic rings. The molecule has 0 fully saturated rings. The van der Waals surface area contributed by atoms with Crippen LogP contribution in [-0.4, -0.2) is 18.8 Å². The molecule has 0 spiro atoms. The van der Waals surface area contributed by atoms with Gasteiger partial charge in [0.1, 0.15) is 10.5 Å². The largest absolute Gasteiger partial charge is 0.463 e. The van der Waals surface area contributed by atoms with Crippen LogP contribution in [0.2, 0.25) is 19.1 Å². The summed E-state index contributed by atoms with van der Waals surface area (Å²) in [7, 11) is -0.358. The van der Waals surface area contributed by atoms with Crippen LogP contribution in [0.15, 0.2) is 12.7 Å². The van der Waals surface area contributed by atoms with Crippen LogP contribution in [0.25, 0.3) is 0 Å². The van der Waals surface area contributed by atoms with Gasteiger partial charge in [0.15, 0.2) is 8.32 Å². The van der Waals surface area contributed by atoms with Gasteiger partial charge in [-0.1, -0.05) is 6.08 Å². The van der Waals surface area contributed by atoms with E-state index in [1.807, 2.05) is 6.08 Å². The summed E-state index contributed by atoms with van der Waals surface area (Å²) in [6.07, 6.45) is 1.95. The van der Waals surface area contributed by atoms with Gasteiger partial charge in [-0.2, -0.15) is 0 Å². The summed E-state index contributed by atoms with van der Waals surface area (Å²) in [5.74, 6) is 0. The third kappa shape index (κ3) is 3.18. The summed E-state index contributed by atoms with van der Waals surface area (Å²) < 4.78 is 5.38. The van der Waals surface area contributed by atoms with Crippen LogP contribution in [-0.2, 0) is 4.12 Å². The highest BCUT2D eigenvalue weighted by Gasteiger charge is 2.16. The molecule has 1 nitrogen and oxygen atoms in total. The molecule has 0 radical (unpaired) electrons. The molecule has 0 amide bonds. The van der Waals surface area contributed by atoms with Crippen molar-refractivity contribution in [2.24, 2.45) is 0 Å². The molecule has 0 rings (SSSR count). The molecule has 0 unspecified atom stereocenters. The van der Waals surface area contributed by atoms with Crippen molar-refractivity contribution < 1.29 is 4.12 Å². The van der Waals surface area contributed by atoms with E-state index in [0.29, 0.717) is 0 Å². The van der Waals surface area contributed by atoms with Gasteiger partial charge in [0.25, 0.3) is 0 Å². The van der Waals surface area contributed by atoms with Crippen molar-refractivity contribution >= 4 is 18.8 Å². The molecule has 0 aromatic heterocycles. The van der Waals surface area contributed by atoms with E-state index in [-0.39, 0.29) is 0 Å². The molecule has 0 saturated heterocycles. The van der Waals surface area contributed by atoms with Crippen molar-refractivity contribution in [2.75, 3.05) is 0 Å². The number of allylic oxidation sites excluding steroid dienone is 1. The molecule has 0 atom stereocenters. The smallest absolute Gasteiger partial charge is 0.176 e. The second kappa shape index (κ2) is 3.22. The maximum Gasteiger partial charge on any atom is 0.176 e. The van der Waals surface area contributed by atoms with E-state index in [2.05, 4.69) is 19.7 Å². The van der Waals surface area contributed by atoms with Gasteiger partial charge in [-0.3, -0.25) is 0 Å². The molecule has 8 heavy (non-hydrogen) atoms. The first kappa shape index (κ1) is 8.13. The van der Waals surface area contributed by atoms with Crippen LogP contribution < -0.4 is 0 Å². The van der Waals surface area contributed by atoms with Crippen molar-refractivity contribution in [3.05, 3.63) is 12.7 Å². The molecule has 0 saturated carbocycles. The quantitative estimate of drug-likeness (QED) is 0.420.